The van der Waals surface area contributed by atoms with Crippen molar-refractivity contribution in [1.29, 1.82) is 0 Å². The summed E-state index contributed by atoms with van der Waals surface area (Å²) < 4.78 is 66.6. The summed E-state index contributed by atoms with van der Waals surface area (Å²) in [5, 5.41) is 0. The Kier molecular flexibility index (Phi) is 4.40. The number of hydrogen-bond acceptors (Lipinski definition) is 2. The number of alkyl halides is 3. The minimum Gasteiger partial charge on any atom is -0.207 e. The van der Waals surface area contributed by atoms with Gasteiger partial charge in [-0.3, -0.25) is 0 Å². The Labute approximate surface area is 138 Å². The molecule has 0 radical (unpaired) electrons. The van der Waals surface area contributed by atoms with Crippen LogP contribution in [-0.4, -0.2) is 18.8 Å². The van der Waals surface area contributed by atoms with E-state index in [-0.39, 0.29) is 12.6 Å². The van der Waals surface area contributed by atoms with Crippen LogP contribution in [0.15, 0.2) is 59.5 Å². The minimum atomic E-state index is -4.72. The van der Waals surface area contributed by atoms with Gasteiger partial charge in [0.05, 0.1) is 10.5 Å². The third-order valence-electron chi connectivity index (χ3n) is 3.91. The smallest absolute Gasteiger partial charge is 0.207 e. The van der Waals surface area contributed by atoms with Crippen LogP contribution in [0, 0.1) is 0 Å². The molecule has 3 rings (SSSR count). The molecule has 7 heteroatoms. The minimum absolute atomic E-state index is 0.0695. The molecule has 2 aromatic carbocycles. The molecule has 0 heterocycles. The Morgan fingerprint density at radius 1 is 0.958 bits per heavy atom. The average Bonchev–Trinajstić information content (AvgIpc) is 3.37. The van der Waals surface area contributed by atoms with E-state index in [9.17, 15) is 21.6 Å². The van der Waals surface area contributed by atoms with Crippen molar-refractivity contribution in [3.8, 4) is 0 Å². The second kappa shape index (κ2) is 6.22. The summed E-state index contributed by atoms with van der Waals surface area (Å²) in [5.41, 5.74) is -0.374. The fraction of sp³-hybridized carbons (Fsp3) is 0.294. The largest absolute Gasteiger partial charge is 0.417 e. The van der Waals surface area contributed by atoms with E-state index >= 15 is 0 Å². The lowest BCUT2D eigenvalue weighted by Gasteiger charge is -2.24. The highest BCUT2D eigenvalue weighted by molar-refractivity contribution is 7.89. The first kappa shape index (κ1) is 17.0. The summed E-state index contributed by atoms with van der Waals surface area (Å²) in [5.74, 6) is 0. The third-order valence-corrected chi connectivity index (χ3v) is 5.87. The highest BCUT2D eigenvalue weighted by atomic mass is 32.2. The van der Waals surface area contributed by atoms with Crippen LogP contribution in [0.4, 0.5) is 13.2 Å². The number of nitrogens with zero attached hydrogens (tertiary/aromatic N) is 1. The molecule has 128 valence electrons. The van der Waals surface area contributed by atoms with Crippen LogP contribution in [0.25, 0.3) is 0 Å². The van der Waals surface area contributed by atoms with Crippen LogP contribution in [0.5, 0.6) is 0 Å². The molecule has 3 nitrogen and oxygen atoms in total. The summed E-state index contributed by atoms with van der Waals surface area (Å²) in [7, 11) is -4.24. The van der Waals surface area contributed by atoms with Crippen molar-refractivity contribution >= 4 is 10.0 Å². The molecule has 0 spiro atoms. The zero-order valence-electron chi connectivity index (χ0n) is 12.7. The van der Waals surface area contributed by atoms with Crippen molar-refractivity contribution in [2.24, 2.45) is 0 Å². The molecule has 0 bridgehead atoms. The molecule has 0 aliphatic heterocycles. The summed E-state index contributed by atoms with van der Waals surface area (Å²) in [6.07, 6.45) is -3.38. The summed E-state index contributed by atoms with van der Waals surface area (Å²) in [6, 6.07) is 13.0. The predicted octanol–water partition coefficient (Wildman–Crippen LogP) is 4.06. The van der Waals surface area contributed by atoms with Crippen LogP contribution in [0.1, 0.15) is 24.0 Å². The van der Waals surface area contributed by atoms with Crippen LogP contribution < -0.4 is 0 Å². The number of rotatable bonds is 5. The monoisotopic (exact) mass is 355 g/mol. The van der Waals surface area contributed by atoms with Crippen molar-refractivity contribution in [1.82, 2.24) is 4.31 Å². The Morgan fingerprint density at radius 2 is 1.54 bits per heavy atom. The highest BCUT2D eigenvalue weighted by Crippen LogP contribution is 2.39. The van der Waals surface area contributed by atoms with Gasteiger partial charge in [-0.05, 0) is 30.5 Å². The first-order chi connectivity index (χ1) is 11.3. The van der Waals surface area contributed by atoms with E-state index in [1.807, 2.05) is 0 Å². The molecule has 1 aliphatic rings. The summed E-state index contributed by atoms with van der Waals surface area (Å²) >= 11 is 0. The standard InChI is InChI=1S/C17H16F3NO2S/c18-17(19,20)15-8-4-5-9-16(15)24(22,23)21(14-10-11-14)12-13-6-2-1-3-7-13/h1-9,14H,10-12H2. The number of halogens is 3. The first-order valence-corrected chi connectivity index (χ1v) is 8.96. The molecule has 0 saturated heterocycles. The fourth-order valence-electron chi connectivity index (χ4n) is 2.59. The van der Waals surface area contributed by atoms with Gasteiger partial charge in [-0.25, -0.2) is 8.42 Å². The van der Waals surface area contributed by atoms with Crippen molar-refractivity contribution in [3.63, 3.8) is 0 Å². The van der Waals surface area contributed by atoms with Crippen LogP contribution in [0.3, 0.4) is 0 Å². The van der Waals surface area contributed by atoms with Crippen molar-refractivity contribution in [3.05, 3.63) is 65.7 Å². The van der Waals surface area contributed by atoms with Gasteiger partial charge >= 0.3 is 6.18 Å². The Bertz CT molecular complexity index is 815. The van der Waals surface area contributed by atoms with E-state index < -0.39 is 26.7 Å². The van der Waals surface area contributed by atoms with Crippen molar-refractivity contribution in [2.45, 2.75) is 36.5 Å². The summed E-state index contributed by atoms with van der Waals surface area (Å²) in [4.78, 5) is -0.680. The Balaban J connectivity index is 2.02. The van der Waals surface area contributed by atoms with Gasteiger partial charge in [-0.1, -0.05) is 42.5 Å². The molecular weight excluding hydrogens is 339 g/mol. The molecule has 0 aromatic heterocycles. The predicted molar refractivity (Wildman–Crippen MR) is 83.6 cm³/mol. The maximum absolute atomic E-state index is 13.2. The van der Waals surface area contributed by atoms with E-state index in [4.69, 9.17) is 0 Å². The third kappa shape index (κ3) is 3.47. The first-order valence-electron chi connectivity index (χ1n) is 7.52. The van der Waals surface area contributed by atoms with E-state index in [0.29, 0.717) is 12.8 Å². The SMILES string of the molecule is O=S(=O)(c1ccccc1C(F)(F)F)N(Cc1ccccc1)C1CC1. The van der Waals surface area contributed by atoms with Crippen LogP contribution in [0.2, 0.25) is 0 Å². The molecule has 0 amide bonds. The number of sulfonamides is 1. The zero-order valence-corrected chi connectivity index (χ0v) is 13.5. The molecule has 0 N–H and O–H groups in total. The van der Waals surface area contributed by atoms with E-state index in [2.05, 4.69) is 0 Å². The molecule has 1 aliphatic carbocycles. The van der Waals surface area contributed by atoms with Crippen LogP contribution >= 0.6 is 0 Å². The normalized spacial score (nSPS) is 15.7. The van der Waals surface area contributed by atoms with Gasteiger partial charge in [0.15, 0.2) is 0 Å². The summed E-state index contributed by atoms with van der Waals surface area (Å²) in [6.45, 7) is 0.0695. The van der Waals surface area contributed by atoms with E-state index in [1.54, 1.807) is 30.3 Å². The Hall–Kier alpha value is -1.86. The average molecular weight is 355 g/mol. The molecular formula is C17H16F3NO2S. The Morgan fingerprint density at radius 3 is 2.12 bits per heavy atom. The maximum atomic E-state index is 13.2. The topological polar surface area (TPSA) is 37.4 Å². The number of hydrogen-bond donors (Lipinski definition) is 0. The molecule has 2 aromatic rings. The maximum Gasteiger partial charge on any atom is 0.417 e. The van der Waals surface area contributed by atoms with Gasteiger partial charge < -0.3 is 0 Å². The molecule has 0 atom stereocenters. The van der Waals surface area contributed by atoms with Crippen LogP contribution in [-0.2, 0) is 22.7 Å². The zero-order chi connectivity index (χ0) is 17.4. The van der Waals surface area contributed by atoms with Gasteiger partial charge in [-0.2, -0.15) is 17.5 Å². The number of benzene rings is 2. The quantitative estimate of drug-likeness (QED) is 0.811. The van der Waals surface area contributed by atoms with Gasteiger partial charge in [0, 0.05) is 12.6 Å². The lowest BCUT2D eigenvalue weighted by Crippen LogP contribution is -2.34. The van der Waals surface area contributed by atoms with Gasteiger partial charge in [0.1, 0.15) is 0 Å². The van der Waals surface area contributed by atoms with E-state index in [0.717, 1.165) is 17.7 Å². The fourth-order valence-corrected chi connectivity index (χ4v) is 4.48. The van der Waals surface area contributed by atoms with Crippen molar-refractivity contribution in [2.75, 3.05) is 0 Å². The molecule has 1 fully saturated rings. The highest BCUT2D eigenvalue weighted by Gasteiger charge is 2.43. The second-order valence-electron chi connectivity index (χ2n) is 5.76. The second-order valence-corrected chi connectivity index (χ2v) is 7.62. The lowest BCUT2D eigenvalue weighted by molar-refractivity contribution is -0.139. The van der Waals surface area contributed by atoms with E-state index in [1.165, 1.54) is 16.4 Å². The molecule has 24 heavy (non-hydrogen) atoms. The molecule has 0 unspecified atom stereocenters. The van der Waals surface area contributed by atoms with Gasteiger partial charge in [-0.15, -0.1) is 0 Å². The molecule has 1 saturated carbocycles. The van der Waals surface area contributed by atoms with Gasteiger partial charge in [0.2, 0.25) is 10.0 Å². The van der Waals surface area contributed by atoms with Crippen molar-refractivity contribution < 1.29 is 21.6 Å². The van der Waals surface area contributed by atoms with Gasteiger partial charge in [0.25, 0.3) is 0 Å². The lowest BCUT2D eigenvalue weighted by atomic mass is 10.2.